The van der Waals surface area contributed by atoms with Crippen molar-refractivity contribution in [2.75, 3.05) is 31.1 Å². The van der Waals surface area contributed by atoms with E-state index in [2.05, 4.69) is 20.2 Å². The molecule has 0 amide bonds. The fourth-order valence-electron chi connectivity index (χ4n) is 2.32. The molecule has 0 unspecified atom stereocenters. The number of nitrogens with zero attached hydrogens (tertiary/aromatic N) is 3. The summed E-state index contributed by atoms with van der Waals surface area (Å²) in [6, 6.07) is 1.86. The Kier molecular flexibility index (Phi) is 7.41. The van der Waals surface area contributed by atoms with Crippen LogP contribution in [-0.4, -0.2) is 36.1 Å². The average molecular weight is 264 g/mol. The van der Waals surface area contributed by atoms with Crippen LogP contribution in [0.2, 0.25) is 0 Å². The van der Waals surface area contributed by atoms with Crippen LogP contribution in [0.1, 0.15) is 34.1 Å². The molecule has 1 aromatic rings. The minimum Gasteiger partial charge on any atom is -0.340 e. The minimum absolute atomic E-state index is 0.862. The number of hydrogen-bond acceptors (Lipinski definition) is 4. The highest BCUT2D eigenvalue weighted by molar-refractivity contribution is 5.32. The van der Waals surface area contributed by atoms with E-state index in [-0.39, 0.29) is 0 Å². The van der Waals surface area contributed by atoms with Crippen molar-refractivity contribution in [2.45, 2.75) is 34.1 Å². The molecule has 4 nitrogen and oxygen atoms in total. The molecule has 0 bridgehead atoms. The third kappa shape index (κ3) is 4.46. The summed E-state index contributed by atoms with van der Waals surface area (Å²) in [5.41, 5.74) is 0. The van der Waals surface area contributed by atoms with Gasteiger partial charge in [-0.3, -0.25) is 0 Å². The van der Waals surface area contributed by atoms with Gasteiger partial charge in [0, 0.05) is 25.5 Å². The molecule has 2 saturated heterocycles. The van der Waals surface area contributed by atoms with E-state index >= 15 is 0 Å². The minimum atomic E-state index is 0.862. The Morgan fingerprint density at radius 1 is 1.05 bits per heavy atom. The molecule has 3 rings (SSSR count). The standard InChI is InChI=1S/C11H16N4.2C2H6/c1-2-13-11(14-3-1)15-7-10(8-15)4-9-5-12-6-9;2*1-2/h1-3,9-10,12H,4-8H2;2*1-2H3. The number of anilines is 1. The summed E-state index contributed by atoms with van der Waals surface area (Å²) in [6.45, 7) is 12.7. The van der Waals surface area contributed by atoms with Gasteiger partial charge >= 0.3 is 0 Å². The first-order valence-corrected chi connectivity index (χ1v) is 7.64. The SMILES string of the molecule is CC.CC.c1cnc(N2CC(CC3CNC3)C2)nc1. The first-order chi connectivity index (χ1) is 9.42. The van der Waals surface area contributed by atoms with E-state index in [0.717, 1.165) is 30.9 Å². The number of aromatic nitrogens is 2. The summed E-state index contributed by atoms with van der Waals surface area (Å²) in [7, 11) is 0. The largest absolute Gasteiger partial charge is 0.340 e. The molecular weight excluding hydrogens is 236 g/mol. The van der Waals surface area contributed by atoms with Crippen molar-refractivity contribution >= 4 is 5.95 Å². The molecule has 0 aliphatic carbocycles. The summed E-state index contributed by atoms with van der Waals surface area (Å²) >= 11 is 0. The molecule has 1 N–H and O–H groups in total. The van der Waals surface area contributed by atoms with E-state index < -0.39 is 0 Å². The van der Waals surface area contributed by atoms with Gasteiger partial charge in [0.1, 0.15) is 0 Å². The number of nitrogens with one attached hydrogen (secondary N) is 1. The summed E-state index contributed by atoms with van der Waals surface area (Å²) in [5, 5.41) is 3.32. The maximum Gasteiger partial charge on any atom is 0.225 e. The van der Waals surface area contributed by atoms with Gasteiger partial charge in [-0.1, -0.05) is 27.7 Å². The topological polar surface area (TPSA) is 41.1 Å². The van der Waals surface area contributed by atoms with Crippen LogP contribution in [0.5, 0.6) is 0 Å². The summed E-state index contributed by atoms with van der Waals surface area (Å²) in [6.07, 6.45) is 4.99. The van der Waals surface area contributed by atoms with E-state index in [1.807, 2.05) is 46.2 Å². The fraction of sp³-hybridized carbons (Fsp3) is 0.733. The Bertz CT molecular complexity index is 318. The monoisotopic (exact) mass is 264 g/mol. The third-order valence-electron chi connectivity index (χ3n) is 3.32. The highest BCUT2D eigenvalue weighted by Crippen LogP contribution is 2.27. The van der Waals surface area contributed by atoms with Crippen molar-refractivity contribution < 1.29 is 0 Å². The van der Waals surface area contributed by atoms with Gasteiger partial charge in [-0.05, 0) is 37.4 Å². The predicted octanol–water partition coefficient (Wildman–Crippen LogP) is 2.57. The van der Waals surface area contributed by atoms with Crippen molar-refractivity contribution in [3.63, 3.8) is 0 Å². The maximum absolute atomic E-state index is 4.25. The van der Waals surface area contributed by atoms with Crippen LogP contribution >= 0.6 is 0 Å². The summed E-state index contributed by atoms with van der Waals surface area (Å²) < 4.78 is 0. The first kappa shape index (κ1) is 15.9. The second-order valence-electron chi connectivity index (χ2n) is 4.58. The van der Waals surface area contributed by atoms with E-state index in [0.29, 0.717) is 0 Å². The molecule has 1 aromatic heterocycles. The molecule has 19 heavy (non-hydrogen) atoms. The molecule has 0 atom stereocenters. The van der Waals surface area contributed by atoms with Gasteiger partial charge in [-0.25, -0.2) is 9.97 Å². The van der Waals surface area contributed by atoms with E-state index in [4.69, 9.17) is 0 Å². The van der Waals surface area contributed by atoms with Crippen molar-refractivity contribution in [3.8, 4) is 0 Å². The molecule has 2 aliphatic heterocycles. The smallest absolute Gasteiger partial charge is 0.225 e. The van der Waals surface area contributed by atoms with E-state index in [1.165, 1.54) is 19.5 Å². The lowest BCUT2D eigenvalue weighted by Gasteiger charge is -2.42. The van der Waals surface area contributed by atoms with Crippen molar-refractivity contribution in [1.82, 2.24) is 15.3 Å². The normalized spacial score (nSPS) is 18.2. The lowest BCUT2D eigenvalue weighted by molar-refractivity contribution is 0.246. The van der Waals surface area contributed by atoms with Gasteiger partial charge < -0.3 is 10.2 Å². The lowest BCUT2D eigenvalue weighted by atomic mass is 9.86. The van der Waals surface area contributed by atoms with Gasteiger partial charge in [0.05, 0.1) is 0 Å². The fourth-order valence-corrected chi connectivity index (χ4v) is 2.32. The zero-order valence-electron chi connectivity index (χ0n) is 12.8. The van der Waals surface area contributed by atoms with Crippen molar-refractivity contribution in [3.05, 3.63) is 18.5 Å². The Hall–Kier alpha value is -1.16. The third-order valence-corrected chi connectivity index (χ3v) is 3.32. The summed E-state index contributed by atoms with van der Waals surface area (Å²) in [4.78, 5) is 10.8. The molecule has 4 heteroatoms. The van der Waals surface area contributed by atoms with Gasteiger partial charge in [0.2, 0.25) is 5.95 Å². The maximum atomic E-state index is 4.25. The van der Waals surface area contributed by atoms with Crippen LogP contribution in [-0.2, 0) is 0 Å². The molecular formula is C15H28N4. The molecule has 0 aromatic carbocycles. The van der Waals surface area contributed by atoms with Crippen LogP contribution in [0, 0.1) is 11.8 Å². The van der Waals surface area contributed by atoms with Gasteiger partial charge in [0.25, 0.3) is 0 Å². The Balaban J connectivity index is 0.000000415. The zero-order chi connectivity index (χ0) is 14.1. The molecule has 0 spiro atoms. The number of rotatable bonds is 3. The quantitative estimate of drug-likeness (QED) is 0.911. The Labute approximate surface area is 117 Å². The van der Waals surface area contributed by atoms with Crippen LogP contribution in [0.25, 0.3) is 0 Å². The highest BCUT2D eigenvalue weighted by Gasteiger charge is 2.31. The van der Waals surface area contributed by atoms with Crippen LogP contribution < -0.4 is 10.2 Å². The molecule has 2 aliphatic rings. The van der Waals surface area contributed by atoms with Crippen molar-refractivity contribution in [1.29, 1.82) is 0 Å². The van der Waals surface area contributed by atoms with Crippen LogP contribution in [0.3, 0.4) is 0 Å². The number of hydrogen-bond donors (Lipinski definition) is 1. The van der Waals surface area contributed by atoms with Crippen molar-refractivity contribution in [2.24, 2.45) is 11.8 Å². The molecule has 0 radical (unpaired) electrons. The Morgan fingerprint density at radius 2 is 1.63 bits per heavy atom. The zero-order valence-corrected chi connectivity index (χ0v) is 12.8. The second kappa shape index (κ2) is 8.86. The molecule has 0 saturated carbocycles. The van der Waals surface area contributed by atoms with Gasteiger partial charge in [-0.2, -0.15) is 0 Å². The molecule has 108 valence electrons. The van der Waals surface area contributed by atoms with Gasteiger partial charge in [0.15, 0.2) is 0 Å². The Morgan fingerprint density at radius 3 is 2.11 bits per heavy atom. The van der Waals surface area contributed by atoms with E-state index in [9.17, 15) is 0 Å². The van der Waals surface area contributed by atoms with Crippen LogP contribution in [0.4, 0.5) is 5.95 Å². The lowest BCUT2D eigenvalue weighted by Crippen LogP contribution is -2.51. The molecule has 3 heterocycles. The highest BCUT2D eigenvalue weighted by atomic mass is 15.3. The average Bonchev–Trinajstić information content (AvgIpc) is 2.41. The predicted molar refractivity (Wildman–Crippen MR) is 81.4 cm³/mol. The second-order valence-corrected chi connectivity index (χ2v) is 4.58. The molecule has 2 fully saturated rings. The van der Waals surface area contributed by atoms with Gasteiger partial charge in [-0.15, -0.1) is 0 Å². The first-order valence-electron chi connectivity index (χ1n) is 7.64. The van der Waals surface area contributed by atoms with E-state index in [1.54, 1.807) is 0 Å². The summed E-state index contributed by atoms with van der Waals surface area (Å²) in [5.74, 6) is 2.68. The van der Waals surface area contributed by atoms with Crippen LogP contribution in [0.15, 0.2) is 18.5 Å².